The van der Waals surface area contributed by atoms with E-state index >= 15 is 0 Å². The zero-order chi connectivity index (χ0) is 26.7. The van der Waals surface area contributed by atoms with E-state index in [0.717, 1.165) is 17.7 Å². The Bertz CT molecular complexity index is 1460. The van der Waals surface area contributed by atoms with Crippen molar-refractivity contribution in [3.8, 4) is 0 Å². The van der Waals surface area contributed by atoms with Crippen LogP contribution >= 0.6 is 0 Å². The molecule has 1 aliphatic rings. The number of rotatable bonds is 6. The van der Waals surface area contributed by atoms with Crippen LogP contribution in [-0.4, -0.2) is 28.7 Å². The fraction of sp³-hybridized carbons (Fsp3) is 0.192. The van der Waals surface area contributed by atoms with E-state index in [-0.39, 0.29) is 48.6 Å². The number of anilines is 2. The number of benzene rings is 2. The molecule has 0 spiro atoms. The molecule has 0 bridgehead atoms. The molecule has 12 heteroatoms. The quantitative estimate of drug-likeness (QED) is 0.236. The maximum Gasteiger partial charge on any atom is 0.416 e. The topological polar surface area (TPSA) is 111 Å². The maximum atomic E-state index is 13.7. The zero-order valence-electron chi connectivity index (χ0n) is 19.8. The first-order valence-corrected chi connectivity index (χ1v) is 11.6. The molecular formula is C26H21F3N6O3. The Morgan fingerprint density at radius 3 is 2.68 bits per heavy atom. The van der Waals surface area contributed by atoms with Crippen molar-refractivity contribution in [3.05, 3.63) is 95.9 Å². The number of hydrogen-bond acceptors (Lipinski definition) is 6. The molecule has 1 saturated heterocycles. The van der Waals surface area contributed by atoms with Crippen LogP contribution in [0.4, 0.5) is 30.4 Å². The molecule has 0 aliphatic carbocycles. The molecule has 1 fully saturated rings. The number of carbonyl (C=O) groups is 1. The van der Waals surface area contributed by atoms with Gasteiger partial charge < -0.3 is 15.3 Å². The molecule has 2 aromatic carbocycles. The Hall–Kier alpha value is -4.74. The number of nitrogens with one attached hydrogen (secondary N) is 1. The molecule has 9 nitrogen and oxygen atoms in total. The summed E-state index contributed by atoms with van der Waals surface area (Å²) in [5.41, 5.74) is 0.486. The van der Waals surface area contributed by atoms with Crippen molar-refractivity contribution in [2.75, 3.05) is 16.8 Å². The van der Waals surface area contributed by atoms with E-state index in [9.17, 15) is 23.1 Å². The van der Waals surface area contributed by atoms with Crippen molar-refractivity contribution >= 4 is 29.2 Å². The van der Waals surface area contributed by atoms with Crippen molar-refractivity contribution in [1.82, 2.24) is 10.3 Å². The molecule has 194 valence electrons. The van der Waals surface area contributed by atoms with Crippen LogP contribution in [0.25, 0.3) is 0 Å². The second-order valence-electron chi connectivity index (χ2n) is 8.68. The minimum atomic E-state index is -4.70. The van der Waals surface area contributed by atoms with Gasteiger partial charge in [-0.2, -0.15) is 13.2 Å². The second kappa shape index (κ2) is 10.3. The number of amides is 1. The monoisotopic (exact) mass is 522 g/mol. The predicted octanol–water partition coefficient (Wildman–Crippen LogP) is 3.40. The summed E-state index contributed by atoms with van der Waals surface area (Å²) < 4.78 is 47.4. The van der Waals surface area contributed by atoms with Gasteiger partial charge in [-0.25, -0.2) is 4.99 Å². The molecule has 0 saturated carbocycles. The standard InChI is InChI=1S/C26H21F3N6O3/c27-26(28,29)19-11-21(13-22(12-19)35-14-18(10-24(35)36)17-6-2-1-3-7-17)31-25(37)32-23-16-34(33-38-23)15-20-8-4-5-9-30-20/h1-9,11-13,16,18H,10,14-15H2,(H-,31,32,33,37). The lowest BCUT2D eigenvalue weighted by Gasteiger charge is -2.21. The van der Waals surface area contributed by atoms with Crippen molar-refractivity contribution in [2.24, 2.45) is 4.99 Å². The number of halogens is 3. The van der Waals surface area contributed by atoms with Gasteiger partial charge >= 0.3 is 12.1 Å². The number of pyridine rings is 1. The Kier molecular flexibility index (Phi) is 6.77. The fourth-order valence-corrected chi connectivity index (χ4v) is 4.21. The number of nitrogens with zero attached hydrogens (tertiary/aromatic N) is 5. The van der Waals surface area contributed by atoms with Crippen molar-refractivity contribution in [2.45, 2.75) is 25.1 Å². The summed E-state index contributed by atoms with van der Waals surface area (Å²) in [4.78, 5) is 21.9. The number of aliphatic imine (C=N–C) groups is 1. The number of amidine groups is 1. The highest BCUT2D eigenvalue weighted by molar-refractivity contribution is 5.97. The third kappa shape index (κ3) is 5.80. The molecule has 1 aliphatic heterocycles. The first-order valence-electron chi connectivity index (χ1n) is 11.6. The zero-order valence-corrected chi connectivity index (χ0v) is 19.8. The van der Waals surface area contributed by atoms with Crippen LogP contribution in [0.15, 0.2) is 88.6 Å². The van der Waals surface area contributed by atoms with Gasteiger partial charge in [-0.15, -0.1) is 0 Å². The minimum Gasteiger partial charge on any atom is -0.846 e. The normalized spacial score (nSPS) is 16.2. The first-order chi connectivity index (χ1) is 18.2. The highest BCUT2D eigenvalue weighted by atomic mass is 19.4. The number of hydrogen-bond donors (Lipinski definition) is 1. The summed E-state index contributed by atoms with van der Waals surface area (Å²) in [6.45, 7) is 0.489. The van der Waals surface area contributed by atoms with Gasteiger partial charge in [0, 0.05) is 36.5 Å². The van der Waals surface area contributed by atoms with E-state index in [4.69, 9.17) is 4.52 Å². The van der Waals surface area contributed by atoms with Gasteiger partial charge in [-0.05, 0) is 40.6 Å². The van der Waals surface area contributed by atoms with Crippen molar-refractivity contribution < 1.29 is 32.3 Å². The van der Waals surface area contributed by atoms with Gasteiger partial charge in [0.15, 0.2) is 0 Å². The Labute approximate surface area is 214 Å². The van der Waals surface area contributed by atoms with Crippen LogP contribution in [0.2, 0.25) is 0 Å². The van der Waals surface area contributed by atoms with E-state index < -0.39 is 17.8 Å². The summed E-state index contributed by atoms with van der Waals surface area (Å²) in [5.74, 6) is -0.610. The van der Waals surface area contributed by atoms with E-state index in [2.05, 4.69) is 20.6 Å². The van der Waals surface area contributed by atoms with Crippen LogP contribution in [-0.2, 0) is 17.5 Å². The average molecular weight is 522 g/mol. The van der Waals surface area contributed by atoms with Gasteiger partial charge in [-0.3, -0.25) is 14.3 Å². The highest BCUT2D eigenvalue weighted by Gasteiger charge is 2.35. The van der Waals surface area contributed by atoms with E-state index in [1.54, 1.807) is 18.3 Å². The van der Waals surface area contributed by atoms with Crippen LogP contribution < -0.4 is 20.0 Å². The smallest absolute Gasteiger partial charge is 0.416 e. The molecule has 1 unspecified atom stereocenters. The molecule has 38 heavy (non-hydrogen) atoms. The van der Waals surface area contributed by atoms with Gasteiger partial charge in [-0.1, -0.05) is 36.4 Å². The molecule has 3 heterocycles. The number of carbonyl (C=O) groups excluding carboxylic acids is 1. The summed E-state index contributed by atoms with van der Waals surface area (Å²) in [6, 6.07) is 16.7. The lowest BCUT2D eigenvalue weighted by atomic mass is 9.98. The molecule has 1 N–H and O–H groups in total. The number of alkyl halides is 3. The van der Waals surface area contributed by atoms with E-state index in [0.29, 0.717) is 5.69 Å². The second-order valence-corrected chi connectivity index (χ2v) is 8.68. The van der Waals surface area contributed by atoms with Crippen molar-refractivity contribution in [3.63, 3.8) is 0 Å². The van der Waals surface area contributed by atoms with E-state index in [1.165, 1.54) is 21.8 Å². The average Bonchev–Trinajstić information content (AvgIpc) is 3.50. The SMILES string of the molecule is O=C1CC(c2ccccc2)CN1c1cc(NC([O-])=Nc2c[n+](Cc3ccccn3)no2)cc(C(F)(F)F)c1. The largest absolute Gasteiger partial charge is 0.846 e. The third-order valence-corrected chi connectivity index (χ3v) is 5.96. The Morgan fingerprint density at radius 1 is 1.16 bits per heavy atom. The first kappa shape index (κ1) is 24.9. The van der Waals surface area contributed by atoms with Crippen LogP contribution in [0, 0.1) is 0 Å². The van der Waals surface area contributed by atoms with Gasteiger partial charge in [0.25, 0.3) is 6.20 Å². The van der Waals surface area contributed by atoms with Gasteiger partial charge in [0.1, 0.15) is 5.69 Å². The molecular weight excluding hydrogens is 501 g/mol. The summed E-state index contributed by atoms with van der Waals surface area (Å²) in [7, 11) is 0. The van der Waals surface area contributed by atoms with Gasteiger partial charge in [0.2, 0.25) is 17.7 Å². The summed E-state index contributed by atoms with van der Waals surface area (Å²) in [5, 5.41) is 18.6. The van der Waals surface area contributed by atoms with Crippen LogP contribution in [0.5, 0.6) is 0 Å². The molecule has 2 aromatic heterocycles. The van der Waals surface area contributed by atoms with E-state index in [1.807, 2.05) is 36.4 Å². The van der Waals surface area contributed by atoms with Crippen LogP contribution in [0.1, 0.15) is 29.2 Å². The molecule has 1 atom stereocenters. The minimum absolute atomic E-state index is 0.0337. The molecule has 0 radical (unpaired) electrons. The number of aromatic nitrogens is 3. The predicted molar refractivity (Wildman–Crippen MR) is 128 cm³/mol. The highest BCUT2D eigenvalue weighted by Crippen LogP contribution is 2.37. The lowest BCUT2D eigenvalue weighted by molar-refractivity contribution is -0.755. The fourth-order valence-electron chi connectivity index (χ4n) is 4.21. The van der Waals surface area contributed by atoms with Crippen molar-refractivity contribution in [1.29, 1.82) is 0 Å². The Morgan fingerprint density at radius 2 is 1.95 bits per heavy atom. The summed E-state index contributed by atoms with van der Waals surface area (Å²) in [6.07, 6.45) is -1.55. The maximum absolute atomic E-state index is 13.7. The molecule has 5 rings (SSSR count). The Balaban J connectivity index is 1.36. The molecule has 1 amide bonds. The third-order valence-electron chi connectivity index (χ3n) is 5.96. The van der Waals surface area contributed by atoms with Gasteiger partial charge in [0.05, 0.1) is 11.6 Å². The van der Waals surface area contributed by atoms with Crippen LogP contribution in [0.3, 0.4) is 0 Å². The lowest BCUT2D eigenvalue weighted by Crippen LogP contribution is -2.35. The summed E-state index contributed by atoms with van der Waals surface area (Å²) >= 11 is 0. The molecule has 4 aromatic rings.